The van der Waals surface area contributed by atoms with E-state index in [0.29, 0.717) is 5.82 Å². The highest BCUT2D eigenvalue weighted by Crippen LogP contribution is 2.34. The van der Waals surface area contributed by atoms with Gasteiger partial charge in [0.25, 0.3) is 0 Å². The summed E-state index contributed by atoms with van der Waals surface area (Å²) in [6.07, 6.45) is 2.05. The average Bonchev–Trinajstić information content (AvgIpc) is 3.36. The molecule has 6 nitrogen and oxygen atoms in total. The van der Waals surface area contributed by atoms with Crippen LogP contribution in [0.3, 0.4) is 0 Å². The van der Waals surface area contributed by atoms with E-state index in [1.807, 2.05) is 42.2 Å². The molecule has 25 heavy (non-hydrogen) atoms. The van der Waals surface area contributed by atoms with E-state index >= 15 is 0 Å². The fourth-order valence-corrected chi connectivity index (χ4v) is 4.06. The van der Waals surface area contributed by atoms with E-state index in [9.17, 15) is 4.79 Å². The van der Waals surface area contributed by atoms with Crippen molar-refractivity contribution in [2.24, 2.45) is 0 Å². The van der Waals surface area contributed by atoms with Gasteiger partial charge in [0.05, 0.1) is 6.04 Å². The van der Waals surface area contributed by atoms with Crippen LogP contribution in [0.5, 0.6) is 0 Å². The highest BCUT2D eigenvalue weighted by atomic mass is 32.1. The SMILES string of the molecule is Cc1ccc(-c2nnn(CC(=O)N3CCC[C@H]3c3cccs3)n2)cc1. The van der Waals surface area contributed by atoms with Crippen LogP contribution in [0.2, 0.25) is 0 Å². The Labute approximate surface area is 150 Å². The molecular formula is C18H19N5OS. The second-order valence-corrected chi connectivity index (χ2v) is 7.25. The Kier molecular flexibility index (Phi) is 4.31. The van der Waals surface area contributed by atoms with Crippen molar-refractivity contribution >= 4 is 17.2 Å². The molecule has 0 aliphatic carbocycles. The van der Waals surface area contributed by atoms with Crippen molar-refractivity contribution in [2.45, 2.75) is 32.4 Å². The Bertz CT molecular complexity index is 856. The fraction of sp³-hybridized carbons (Fsp3) is 0.333. The van der Waals surface area contributed by atoms with Crippen molar-refractivity contribution in [1.82, 2.24) is 25.1 Å². The zero-order valence-electron chi connectivity index (χ0n) is 14.0. The second kappa shape index (κ2) is 6.76. The number of amides is 1. The third-order valence-electron chi connectivity index (χ3n) is 4.48. The maximum atomic E-state index is 12.7. The van der Waals surface area contributed by atoms with Gasteiger partial charge in [0.1, 0.15) is 6.54 Å². The molecule has 0 spiro atoms. The lowest BCUT2D eigenvalue weighted by Crippen LogP contribution is -2.33. The van der Waals surface area contributed by atoms with E-state index in [0.717, 1.165) is 24.9 Å². The molecule has 1 atom stereocenters. The Morgan fingerprint density at radius 2 is 2.12 bits per heavy atom. The Morgan fingerprint density at radius 1 is 1.28 bits per heavy atom. The zero-order chi connectivity index (χ0) is 17.2. The number of benzene rings is 1. The quantitative estimate of drug-likeness (QED) is 0.723. The molecule has 0 bridgehead atoms. The van der Waals surface area contributed by atoms with Crippen molar-refractivity contribution in [3.63, 3.8) is 0 Å². The van der Waals surface area contributed by atoms with Crippen LogP contribution >= 0.6 is 11.3 Å². The number of rotatable bonds is 4. The Hall–Kier alpha value is -2.54. The maximum absolute atomic E-state index is 12.7. The summed E-state index contributed by atoms with van der Waals surface area (Å²) in [7, 11) is 0. The average molecular weight is 353 g/mol. The maximum Gasteiger partial charge on any atom is 0.246 e. The Balaban J connectivity index is 1.47. The summed E-state index contributed by atoms with van der Waals surface area (Å²) in [5.74, 6) is 0.591. The summed E-state index contributed by atoms with van der Waals surface area (Å²) in [4.78, 5) is 17.3. The zero-order valence-corrected chi connectivity index (χ0v) is 14.8. The van der Waals surface area contributed by atoms with E-state index in [4.69, 9.17) is 0 Å². The molecule has 128 valence electrons. The third kappa shape index (κ3) is 3.32. The number of tetrazole rings is 1. The minimum atomic E-state index is 0.0451. The van der Waals surface area contributed by atoms with Crippen LogP contribution in [0, 0.1) is 6.92 Å². The predicted molar refractivity (Wildman–Crippen MR) is 96.0 cm³/mol. The van der Waals surface area contributed by atoms with E-state index < -0.39 is 0 Å². The molecule has 0 unspecified atom stereocenters. The lowest BCUT2D eigenvalue weighted by Gasteiger charge is -2.23. The first-order chi connectivity index (χ1) is 12.2. The number of hydrogen-bond acceptors (Lipinski definition) is 5. The highest BCUT2D eigenvalue weighted by Gasteiger charge is 2.30. The molecule has 1 aromatic carbocycles. The second-order valence-electron chi connectivity index (χ2n) is 6.27. The van der Waals surface area contributed by atoms with Gasteiger partial charge < -0.3 is 4.90 Å². The number of hydrogen-bond donors (Lipinski definition) is 0. The summed E-state index contributed by atoms with van der Waals surface area (Å²) in [6.45, 7) is 2.95. The fourth-order valence-electron chi connectivity index (χ4n) is 3.18. The number of nitrogens with zero attached hydrogens (tertiary/aromatic N) is 5. The van der Waals surface area contributed by atoms with Gasteiger partial charge in [0.2, 0.25) is 11.7 Å². The molecule has 3 heterocycles. The number of carbonyl (C=O) groups excluding carboxylic acids is 1. The number of aryl methyl sites for hydroxylation is 1. The number of carbonyl (C=O) groups is 1. The summed E-state index contributed by atoms with van der Waals surface area (Å²) in [5.41, 5.74) is 2.09. The molecule has 1 amide bonds. The highest BCUT2D eigenvalue weighted by molar-refractivity contribution is 7.10. The number of likely N-dealkylation sites (tertiary alicyclic amines) is 1. The van der Waals surface area contributed by atoms with Gasteiger partial charge in [-0.3, -0.25) is 4.79 Å². The number of thiophene rings is 1. The minimum absolute atomic E-state index is 0.0451. The van der Waals surface area contributed by atoms with Crippen LogP contribution in [0.1, 0.15) is 29.3 Å². The lowest BCUT2D eigenvalue weighted by molar-refractivity contribution is -0.133. The predicted octanol–water partition coefficient (Wildman–Crippen LogP) is 3.07. The van der Waals surface area contributed by atoms with Crippen molar-refractivity contribution in [3.8, 4) is 11.4 Å². The summed E-state index contributed by atoms with van der Waals surface area (Å²) < 4.78 is 0. The largest absolute Gasteiger partial charge is 0.333 e. The summed E-state index contributed by atoms with van der Waals surface area (Å²) in [5, 5.41) is 14.5. The molecule has 2 aromatic heterocycles. The van der Waals surface area contributed by atoms with Gasteiger partial charge in [-0.2, -0.15) is 4.80 Å². The van der Waals surface area contributed by atoms with Gasteiger partial charge in [0.15, 0.2) is 0 Å². The first kappa shape index (κ1) is 16.0. The molecule has 1 aliphatic heterocycles. The summed E-state index contributed by atoms with van der Waals surface area (Å²) in [6, 6.07) is 12.3. The van der Waals surface area contributed by atoms with Crippen LogP contribution in [-0.4, -0.2) is 37.6 Å². The molecule has 4 rings (SSSR count). The van der Waals surface area contributed by atoms with Crippen molar-refractivity contribution < 1.29 is 4.79 Å². The molecule has 0 radical (unpaired) electrons. The number of aromatic nitrogens is 4. The van der Waals surface area contributed by atoms with E-state index in [1.165, 1.54) is 15.2 Å². The first-order valence-corrected chi connectivity index (χ1v) is 9.26. The lowest BCUT2D eigenvalue weighted by atomic mass is 10.1. The van der Waals surface area contributed by atoms with Gasteiger partial charge >= 0.3 is 0 Å². The van der Waals surface area contributed by atoms with Crippen LogP contribution < -0.4 is 0 Å². The van der Waals surface area contributed by atoms with Gasteiger partial charge in [-0.25, -0.2) is 0 Å². The topological polar surface area (TPSA) is 63.9 Å². The van der Waals surface area contributed by atoms with Crippen LogP contribution in [0.4, 0.5) is 0 Å². The third-order valence-corrected chi connectivity index (χ3v) is 5.46. The van der Waals surface area contributed by atoms with E-state index in [1.54, 1.807) is 11.3 Å². The smallest absolute Gasteiger partial charge is 0.246 e. The van der Waals surface area contributed by atoms with Crippen molar-refractivity contribution in [1.29, 1.82) is 0 Å². The first-order valence-electron chi connectivity index (χ1n) is 8.38. The van der Waals surface area contributed by atoms with Crippen LogP contribution in [0.15, 0.2) is 41.8 Å². The van der Waals surface area contributed by atoms with Gasteiger partial charge in [0, 0.05) is 17.0 Å². The van der Waals surface area contributed by atoms with Gasteiger partial charge in [-0.05, 0) is 36.4 Å². The Morgan fingerprint density at radius 3 is 2.88 bits per heavy atom. The van der Waals surface area contributed by atoms with E-state index in [2.05, 4.69) is 26.9 Å². The van der Waals surface area contributed by atoms with Crippen LogP contribution in [0.25, 0.3) is 11.4 Å². The molecular weight excluding hydrogens is 334 g/mol. The van der Waals surface area contributed by atoms with Gasteiger partial charge in [-0.1, -0.05) is 35.9 Å². The molecule has 3 aromatic rings. The van der Waals surface area contributed by atoms with Crippen molar-refractivity contribution in [2.75, 3.05) is 6.54 Å². The van der Waals surface area contributed by atoms with Crippen molar-refractivity contribution in [3.05, 3.63) is 52.2 Å². The molecule has 1 fully saturated rings. The molecule has 1 aliphatic rings. The molecule has 0 saturated carbocycles. The minimum Gasteiger partial charge on any atom is -0.333 e. The molecule has 1 saturated heterocycles. The monoisotopic (exact) mass is 353 g/mol. The van der Waals surface area contributed by atoms with E-state index in [-0.39, 0.29) is 18.5 Å². The molecule has 0 N–H and O–H groups in total. The normalized spacial score (nSPS) is 17.2. The summed E-state index contributed by atoms with van der Waals surface area (Å²) >= 11 is 1.71. The molecule has 7 heteroatoms. The standard InChI is InChI=1S/C18H19N5OS/c1-13-6-8-14(9-7-13)18-19-21-23(20-18)12-17(24)22-10-2-4-15(22)16-5-3-11-25-16/h3,5-9,11,15H,2,4,10,12H2,1H3/t15-/m0/s1. The van der Waals surface area contributed by atoms with Crippen LogP contribution in [-0.2, 0) is 11.3 Å². The van der Waals surface area contributed by atoms with Gasteiger partial charge in [-0.15, -0.1) is 21.5 Å².